The van der Waals surface area contributed by atoms with Crippen molar-refractivity contribution in [3.8, 4) is 0 Å². The second-order valence-corrected chi connectivity index (χ2v) is 5.29. The van der Waals surface area contributed by atoms with Gasteiger partial charge in [0.25, 0.3) is 0 Å². The molecule has 1 fully saturated rings. The molecule has 3 rings (SSSR count). The second-order valence-electron chi connectivity index (χ2n) is 5.29. The zero-order valence-electron chi connectivity index (χ0n) is 10.7. The largest absolute Gasteiger partial charge is 0.332 e. The number of hydrogen-bond donors (Lipinski definition) is 0. The minimum Gasteiger partial charge on any atom is -0.332 e. The highest BCUT2D eigenvalue weighted by Gasteiger charge is 2.31. The molecule has 1 aromatic rings. The number of fused-ring (bicyclic) bond motifs is 1. The summed E-state index contributed by atoms with van der Waals surface area (Å²) >= 11 is 0. The molecule has 1 saturated heterocycles. The molecule has 0 N–H and O–H groups in total. The van der Waals surface area contributed by atoms with Gasteiger partial charge in [0, 0.05) is 24.8 Å². The van der Waals surface area contributed by atoms with Gasteiger partial charge in [-0.15, -0.1) is 0 Å². The normalized spacial score (nSPS) is 24.1. The van der Waals surface area contributed by atoms with E-state index in [-0.39, 0.29) is 11.8 Å². The molecule has 2 aliphatic heterocycles. The maximum Gasteiger partial charge on any atom is 0.227 e. The van der Waals surface area contributed by atoms with E-state index >= 15 is 0 Å². The van der Waals surface area contributed by atoms with Gasteiger partial charge < -0.3 is 9.80 Å². The van der Waals surface area contributed by atoms with Gasteiger partial charge in [-0.1, -0.05) is 0 Å². The molecule has 5 nitrogen and oxygen atoms in total. The van der Waals surface area contributed by atoms with Gasteiger partial charge >= 0.3 is 0 Å². The van der Waals surface area contributed by atoms with Crippen LogP contribution in [0.2, 0.25) is 0 Å². The molecular formula is C13H18N4O. The molecular weight excluding hydrogens is 228 g/mol. The van der Waals surface area contributed by atoms with E-state index in [1.807, 2.05) is 11.1 Å². The van der Waals surface area contributed by atoms with Gasteiger partial charge in [-0.3, -0.25) is 4.79 Å². The Morgan fingerprint density at radius 2 is 2.33 bits per heavy atom. The first-order valence-corrected chi connectivity index (χ1v) is 6.49. The Morgan fingerprint density at radius 1 is 1.44 bits per heavy atom. The van der Waals surface area contributed by atoms with E-state index < -0.39 is 0 Å². The van der Waals surface area contributed by atoms with E-state index in [0.717, 1.165) is 37.2 Å². The van der Waals surface area contributed by atoms with Gasteiger partial charge in [0.05, 0.1) is 18.2 Å². The molecule has 1 aromatic heterocycles. The van der Waals surface area contributed by atoms with E-state index in [0.29, 0.717) is 13.1 Å². The summed E-state index contributed by atoms with van der Waals surface area (Å²) in [5.74, 6) is 0.436. The molecule has 0 aromatic carbocycles. The average Bonchev–Trinajstić information content (AvgIpc) is 2.81. The van der Waals surface area contributed by atoms with Crippen LogP contribution in [-0.2, 0) is 17.9 Å². The van der Waals surface area contributed by atoms with Gasteiger partial charge in [-0.05, 0) is 26.4 Å². The zero-order valence-corrected chi connectivity index (χ0v) is 10.7. The standard InChI is InChI=1S/C13H18N4O/c1-16-4-2-3-10(6-16)13(18)17-7-11-5-14-9-15-12(11)8-17/h5,9-10H,2-4,6-8H2,1H3. The van der Waals surface area contributed by atoms with E-state index in [9.17, 15) is 4.79 Å². The maximum absolute atomic E-state index is 12.5. The number of carbonyl (C=O) groups excluding carboxylic acids is 1. The highest BCUT2D eigenvalue weighted by atomic mass is 16.2. The molecule has 0 bridgehead atoms. The van der Waals surface area contributed by atoms with Crippen molar-refractivity contribution in [2.45, 2.75) is 25.9 Å². The van der Waals surface area contributed by atoms with Crippen LogP contribution in [0.5, 0.6) is 0 Å². The summed E-state index contributed by atoms with van der Waals surface area (Å²) in [5, 5.41) is 0. The number of rotatable bonds is 1. The fourth-order valence-corrected chi connectivity index (χ4v) is 2.88. The molecule has 2 aliphatic rings. The van der Waals surface area contributed by atoms with Crippen LogP contribution in [0, 0.1) is 5.92 Å². The monoisotopic (exact) mass is 246 g/mol. The van der Waals surface area contributed by atoms with Crippen LogP contribution in [0.4, 0.5) is 0 Å². The molecule has 5 heteroatoms. The van der Waals surface area contributed by atoms with Crippen molar-refractivity contribution in [3.63, 3.8) is 0 Å². The van der Waals surface area contributed by atoms with Gasteiger partial charge in [-0.25, -0.2) is 9.97 Å². The van der Waals surface area contributed by atoms with Crippen molar-refractivity contribution in [1.29, 1.82) is 0 Å². The zero-order chi connectivity index (χ0) is 12.5. The van der Waals surface area contributed by atoms with Crippen LogP contribution < -0.4 is 0 Å². The van der Waals surface area contributed by atoms with Crippen molar-refractivity contribution in [2.24, 2.45) is 5.92 Å². The molecule has 0 radical (unpaired) electrons. The molecule has 18 heavy (non-hydrogen) atoms. The van der Waals surface area contributed by atoms with Crippen molar-refractivity contribution < 1.29 is 4.79 Å². The lowest BCUT2D eigenvalue weighted by atomic mass is 9.97. The minimum absolute atomic E-state index is 0.158. The highest BCUT2D eigenvalue weighted by molar-refractivity contribution is 5.79. The minimum atomic E-state index is 0.158. The molecule has 0 saturated carbocycles. The molecule has 96 valence electrons. The fraction of sp³-hybridized carbons (Fsp3) is 0.615. The third kappa shape index (κ3) is 2.10. The van der Waals surface area contributed by atoms with Gasteiger partial charge in [0.1, 0.15) is 6.33 Å². The molecule has 1 atom stereocenters. The SMILES string of the molecule is CN1CCCC(C(=O)N2Cc3cncnc3C2)C1. The topological polar surface area (TPSA) is 49.3 Å². The lowest BCUT2D eigenvalue weighted by molar-refractivity contribution is -0.137. The quantitative estimate of drug-likeness (QED) is 0.730. The number of carbonyl (C=O) groups is 1. The predicted molar refractivity (Wildman–Crippen MR) is 66.5 cm³/mol. The summed E-state index contributed by atoms with van der Waals surface area (Å²) in [4.78, 5) is 24.9. The Labute approximate surface area is 107 Å². The number of nitrogens with zero attached hydrogens (tertiary/aromatic N) is 4. The van der Waals surface area contributed by atoms with Crippen LogP contribution in [0.25, 0.3) is 0 Å². The first kappa shape index (κ1) is 11.6. The number of aromatic nitrogens is 2. The molecule has 1 unspecified atom stereocenters. The number of amides is 1. The van der Waals surface area contributed by atoms with Crippen molar-refractivity contribution in [2.75, 3.05) is 20.1 Å². The number of piperidine rings is 1. The third-order valence-corrected chi connectivity index (χ3v) is 3.87. The van der Waals surface area contributed by atoms with Crippen LogP contribution in [-0.4, -0.2) is 45.8 Å². The maximum atomic E-state index is 12.5. The lowest BCUT2D eigenvalue weighted by Crippen LogP contribution is -2.41. The van der Waals surface area contributed by atoms with Crippen LogP contribution in [0.15, 0.2) is 12.5 Å². The summed E-state index contributed by atoms with van der Waals surface area (Å²) in [6, 6.07) is 0. The smallest absolute Gasteiger partial charge is 0.227 e. The van der Waals surface area contributed by atoms with Crippen molar-refractivity contribution in [3.05, 3.63) is 23.8 Å². The van der Waals surface area contributed by atoms with E-state index in [2.05, 4.69) is 21.9 Å². The summed E-state index contributed by atoms with van der Waals surface area (Å²) in [6.07, 6.45) is 5.51. The van der Waals surface area contributed by atoms with Crippen molar-refractivity contribution >= 4 is 5.91 Å². The first-order chi connectivity index (χ1) is 8.74. The molecule has 0 aliphatic carbocycles. The first-order valence-electron chi connectivity index (χ1n) is 6.49. The third-order valence-electron chi connectivity index (χ3n) is 3.87. The average molecular weight is 246 g/mol. The van der Waals surface area contributed by atoms with Crippen LogP contribution in [0.1, 0.15) is 24.1 Å². The summed E-state index contributed by atoms with van der Waals surface area (Å²) in [6.45, 7) is 3.32. The Balaban J connectivity index is 1.68. The number of likely N-dealkylation sites (tertiary alicyclic amines) is 1. The predicted octanol–water partition coefficient (Wildman–Crippen LogP) is 0.661. The van der Waals surface area contributed by atoms with Crippen LogP contribution >= 0.6 is 0 Å². The summed E-state index contributed by atoms with van der Waals surface area (Å²) in [7, 11) is 2.09. The Hall–Kier alpha value is -1.49. The van der Waals surface area contributed by atoms with Crippen molar-refractivity contribution in [1.82, 2.24) is 19.8 Å². The Bertz CT molecular complexity index is 437. The van der Waals surface area contributed by atoms with E-state index in [1.54, 1.807) is 6.33 Å². The Morgan fingerprint density at radius 3 is 3.11 bits per heavy atom. The van der Waals surface area contributed by atoms with E-state index in [1.165, 1.54) is 0 Å². The lowest BCUT2D eigenvalue weighted by Gasteiger charge is -2.31. The summed E-state index contributed by atoms with van der Waals surface area (Å²) < 4.78 is 0. The summed E-state index contributed by atoms with van der Waals surface area (Å²) in [5.41, 5.74) is 2.09. The highest BCUT2D eigenvalue weighted by Crippen LogP contribution is 2.24. The number of hydrogen-bond acceptors (Lipinski definition) is 4. The van der Waals surface area contributed by atoms with Crippen LogP contribution in [0.3, 0.4) is 0 Å². The van der Waals surface area contributed by atoms with Gasteiger partial charge in [0.2, 0.25) is 5.91 Å². The fourth-order valence-electron chi connectivity index (χ4n) is 2.88. The van der Waals surface area contributed by atoms with Gasteiger partial charge in [-0.2, -0.15) is 0 Å². The second kappa shape index (κ2) is 4.65. The van der Waals surface area contributed by atoms with E-state index in [4.69, 9.17) is 0 Å². The Kier molecular flexibility index (Phi) is 2.99. The van der Waals surface area contributed by atoms with Gasteiger partial charge in [0.15, 0.2) is 0 Å². The molecule has 3 heterocycles. The molecule has 1 amide bonds. The molecule has 0 spiro atoms.